The van der Waals surface area contributed by atoms with Crippen molar-refractivity contribution in [1.82, 2.24) is 14.9 Å². The number of aryl methyl sites for hydroxylation is 1. The largest absolute Gasteiger partial charge is 0.353 e. The molecule has 0 radical (unpaired) electrons. The lowest BCUT2D eigenvalue weighted by molar-refractivity contribution is -0.122. The van der Waals surface area contributed by atoms with Crippen molar-refractivity contribution < 1.29 is 13.2 Å². The summed E-state index contributed by atoms with van der Waals surface area (Å²) in [4.78, 5) is 14.1. The summed E-state index contributed by atoms with van der Waals surface area (Å²) in [5.41, 5.74) is 0.732. The topological polar surface area (TPSA) is 78.5 Å². The molecule has 7 heteroatoms. The van der Waals surface area contributed by atoms with Gasteiger partial charge in [0.15, 0.2) is 0 Å². The van der Waals surface area contributed by atoms with Gasteiger partial charge in [0.25, 0.3) is 0 Å². The molecule has 0 saturated heterocycles. The summed E-state index contributed by atoms with van der Waals surface area (Å²) in [6.45, 7) is 4.61. The Bertz CT molecular complexity index is 600. The zero-order valence-corrected chi connectivity index (χ0v) is 14.4. The van der Waals surface area contributed by atoms with Gasteiger partial charge >= 0.3 is 0 Å². The number of likely N-dealkylation sites (N-methyl/N-ethyl adjacent to an activating group) is 1. The quantitative estimate of drug-likeness (QED) is 0.733. The second-order valence-corrected chi connectivity index (χ2v) is 7.08. The van der Waals surface area contributed by atoms with Gasteiger partial charge in [0.1, 0.15) is 0 Å². The lowest BCUT2D eigenvalue weighted by atomic mass is 10.2. The van der Waals surface area contributed by atoms with Gasteiger partial charge in [0.05, 0.1) is 10.9 Å². The number of hydrogen-bond donors (Lipinski definition) is 2. The van der Waals surface area contributed by atoms with Crippen LogP contribution < -0.4 is 10.0 Å². The van der Waals surface area contributed by atoms with Crippen molar-refractivity contribution in [2.45, 2.75) is 31.2 Å². The normalized spacial score (nSPS) is 13.1. The molecular weight excluding hydrogens is 302 g/mol. The van der Waals surface area contributed by atoms with Crippen LogP contribution in [0.15, 0.2) is 29.2 Å². The van der Waals surface area contributed by atoms with E-state index in [0.717, 1.165) is 5.56 Å². The first-order valence-electron chi connectivity index (χ1n) is 7.30. The summed E-state index contributed by atoms with van der Waals surface area (Å²) in [6.07, 6.45) is 0.612. The van der Waals surface area contributed by atoms with Crippen molar-refractivity contribution in [2.24, 2.45) is 0 Å². The number of rotatable bonds is 8. The Morgan fingerprint density at radius 1 is 1.27 bits per heavy atom. The van der Waals surface area contributed by atoms with Crippen LogP contribution in [0.4, 0.5) is 0 Å². The molecule has 1 rings (SSSR count). The highest BCUT2D eigenvalue weighted by atomic mass is 32.2. The van der Waals surface area contributed by atoms with Gasteiger partial charge in [0, 0.05) is 13.1 Å². The Morgan fingerprint density at radius 2 is 1.91 bits per heavy atom. The summed E-state index contributed by atoms with van der Waals surface area (Å²) < 4.78 is 27.3. The molecule has 0 aliphatic carbocycles. The predicted molar refractivity (Wildman–Crippen MR) is 87.2 cm³/mol. The molecule has 1 amide bonds. The number of sulfonamides is 1. The van der Waals surface area contributed by atoms with Crippen LogP contribution in [-0.4, -0.2) is 52.5 Å². The second kappa shape index (κ2) is 8.26. The average molecular weight is 327 g/mol. The van der Waals surface area contributed by atoms with E-state index in [0.29, 0.717) is 19.5 Å². The van der Waals surface area contributed by atoms with Crippen LogP contribution in [0.5, 0.6) is 0 Å². The maximum Gasteiger partial charge on any atom is 0.241 e. The molecule has 6 nitrogen and oxygen atoms in total. The molecule has 0 bridgehead atoms. The Kier molecular flexibility index (Phi) is 6.99. The third-order valence-electron chi connectivity index (χ3n) is 3.23. The Balaban J connectivity index is 2.73. The van der Waals surface area contributed by atoms with Crippen LogP contribution in [0.1, 0.15) is 19.4 Å². The standard InChI is InChI=1S/C15H25N3O3S/c1-5-13-8-6-7-9-14(13)22(20,21)17-12(2)15(19)16-10-11-18(3)4/h6-9,12,17H,5,10-11H2,1-4H3,(H,16,19). The van der Waals surface area contributed by atoms with Crippen LogP contribution in [-0.2, 0) is 21.2 Å². The third-order valence-corrected chi connectivity index (χ3v) is 4.87. The summed E-state index contributed by atoms with van der Waals surface area (Å²) in [5, 5.41) is 2.71. The van der Waals surface area contributed by atoms with Crippen molar-refractivity contribution in [2.75, 3.05) is 27.2 Å². The van der Waals surface area contributed by atoms with Crippen LogP contribution in [0, 0.1) is 0 Å². The molecule has 0 heterocycles. The first kappa shape index (κ1) is 18.6. The lowest BCUT2D eigenvalue weighted by Crippen LogP contribution is -2.46. The Labute approximate surface area is 132 Å². The lowest BCUT2D eigenvalue weighted by Gasteiger charge is -2.17. The van der Waals surface area contributed by atoms with Crippen LogP contribution in [0.2, 0.25) is 0 Å². The fourth-order valence-corrected chi connectivity index (χ4v) is 3.48. The first-order chi connectivity index (χ1) is 10.3. The minimum atomic E-state index is -3.71. The van der Waals surface area contributed by atoms with Gasteiger partial charge in [-0.15, -0.1) is 0 Å². The Hall–Kier alpha value is -1.44. The molecule has 1 atom stereocenters. The van der Waals surface area contributed by atoms with Crippen LogP contribution in [0.3, 0.4) is 0 Å². The van der Waals surface area contributed by atoms with Crippen molar-refractivity contribution in [3.8, 4) is 0 Å². The highest BCUT2D eigenvalue weighted by Crippen LogP contribution is 2.16. The molecule has 22 heavy (non-hydrogen) atoms. The maximum atomic E-state index is 12.4. The second-order valence-electron chi connectivity index (χ2n) is 5.40. The van der Waals surface area contributed by atoms with Gasteiger partial charge in [-0.3, -0.25) is 4.79 Å². The van der Waals surface area contributed by atoms with Crippen molar-refractivity contribution in [3.63, 3.8) is 0 Å². The van der Waals surface area contributed by atoms with E-state index in [1.165, 1.54) is 6.92 Å². The molecule has 124 valence electrons. The fourth-order valence-electron chi connectivity index (χ4n) is 1.96. The number of carbonyl (C=O) groups excluding carboxylic acids is 1. The van der Waals surface area contributed by atoms with Crippen molar-refractivity contribution >= 4 is 15.9 Å². The molecule has 0 aliphatic heterocycles. The van der Waals surface area contributed by atoms with E-state index in [2.05, 4.69) is 10.0 Å². The van der Waals surface area contributed by atoms with Crippen molar-refractivity contribution in [3.05, 3.63) is 29.8 Å². The molecule has 1 unspecified atom stereocenters. The average Bonchev–Trinajstić information content (AvgIpc) is 2.46. The van der Waals surface area contributed by atoms with Crippen molar-refractivity contribution in [1.29, 1.82) is 0 Å². The minimum Gasteiger partial charge on any atom is -0.353 e. The number of amides is 1. The van der Waals surface area contributed by atoms with E-state index < -0.39 is 16.1 Å². The zero-order valence-electron chi connectivity index (χ0n) is 13.6. The minimum absolute atomic E-state index is 0.227. The Morgan fingerprint density at radius 3 is 2.50 bits per heavy atom. The van der Waals surface area contributed by atoms with Gasteiger partial charge in [-0.2, -0.15) is 4.72 Å². The SMILES string of the molecule is CCc1ccccc1S(=O)(=O)NC(C)C(=O)NCCN(C)C. The summed E-state index contributed by atoms with van der Waals surface area (Å²) >= 11 is 0. The number of nitrogens with one attached hydrogen (secondary N) is 2. The van der Waals surface area contributed by atoms with Gasteiger partial charge < -0.3 is 10.2 Å². The molecule has 0 spiro atoms. The van der Waals surface area contributed by atoms with Crippen LogP contribution >= 0.6 is 0 Å². The molecule has 0 fully saturated rings. The van der Waals surface area contributed by atoms with E-state index in [1.54, 1.807) is 24.3 Å². The number of nitrogens with zero attached hydrogens (tertiary/aromatic N) is 1. The van der Waals surface area contributed by atoms with Gasteiger partial charge in [0.2, 0.25) is 15.9 Å². The third kappa shape index (κ3) is 5.40. The molecule has 0 saturated carbocycles. The van der Waals surface area contributed by atoms with E-state index in [1.807, 2.05) is 25.9 Å². The summed E-state index contributed by atoms with van der Waals surface area (Å²) in [6, 6.07) is 5.98. The molecule has 1 aromatic rings. The molecular formula is C15H25N3O3S. The number of carbonyl (C=O) groups is 1. The van der Waals surface area contributed by atoms with E-state index in [-0.39, 0.29) is 10.8 Å². The van der Waals surface area contributed by atoms with E-state index in [9.17, 15) is 13.2 Å². The zero-order chi connectivity index (χ0) is 16.8. The van der Waals surface area contributed by atoms with E-state index in [4.69, 9.17) is 0 Å². The molecule has 2 N–H and O–H groups in total. The van der Waals surface area contributed by atoms with Gasteiger partial charge in [-0.25, -0.2) is 8.42 Å². The van der Waals surface area contributed by atoms with Gasteiger partial charge in [-0.05, 0) is 39.1 Å². The molecule has 0 aliphatic rings. The first-order valence-corrected chi connectivity index (χ1v) is 8.79. The maximum absolute atomic E-state index is 12.4. The van der Waals surface area contributed by atoms with Crippen LogP contribution in [0.25, 0.3) is 0 Å². The fraction of sp³-hybridized carbons (Fsp3) is 0.533. The monoisotopic (exact) mass is 327 g/mol. The molecule has 1 aromatic carbocycles. The van der Waals surface area contributed by atoms with E-state index >= 15 is 0 Å². The summed E-state index contributed by atoms with van der Waals surface area (Å²) in [7, 11) is 0.0956. The number of benzene rings is 1. The summed E-state index contributed by atoms with van der Waals surface area (Å²) in [5.74, 6) is -0.334. The highest BCUT2D eigenvalue weighted by Gasteiger charge is 2.23. The van der Waals surface area contributed by atoms with Gasteiger partial charge in [-0.1, -0.05) is 25.1 Å². The predicted octanol–water partition coefficient (Wildman–Crippen LogP) is 0.594. The smallest absolute Gasteiger partial charge is 0.241 e. The highest BCUT2D eigenvalue weighted by molar-refractivity contribution is 7.89. The number of hydrogen-bond acceptors (Lipinski definition) is 4. The molecule has 0 aromatic heterocycles.